The molecule has 2 amide bonds. The molecule has 0 saturated carbocycles. The fourth-order valence-electron chi connectivity index (χ4n) is 2.93. The van der Waals surface area contributed by atoms with Crippen LogP contribution in [0.2, 0.25) is 0 Å². The molecule has 0 saturated heterocycles. The van der Waals surface area contributed by atoms with Crippen LogP contribution in [0.5, 0.6) is 0 Å². The number of nitrogens with zero attached hydrogens (tertiary/aromatic N) is 3. The zero-order valence-electron chi connectivity index (χ0n) is 17.4. The monoisotopic (exact) mass is 412 g/mol. The molecule has 9 nitrogen and oxygen atoms in total. The third kappa shape index (κ3) is 5.46. The maximum absolute atomic E-state index is 12.2. The average Bonchev–Trinajstić information content (AvgIpc) is 3.25. The number of amides is 2. The minimum Gasteiger partial charge on any atom is -0.451 e. The van der Waals surface area contributed by atoms with Gasteiger partial charge in [-0.1, -0.05) is 0 Å². The molecule has 0 aliphatic heterocycles. The number of carbonyl (C=O) groups excluding carboxylic acids is 3. The molecule has 0 spiro atoms. The Morgan fingerprint density at radius 1 is 1.30 bits per heavy atom. The lowest BCUT2D eigenvalue weighted by Crippen LogP contribution is -2.35. The molecule has 0 radical (unpaired) electrons. The quantitative estimate of drug-likeness (QED) is 0.399. The van der Waals surface area contributed by atoms with Crippen LogP contribution in [0.15, 0.2) is 30.0 Å². The van der Waals surface area contributed by atoms with Gasteiger partial charge in [-0.2, -0.15) is 5.26 Å². The predicted molar refractivity (Wildman–Crippen MR) is 108 cm³/mol. The highest BCUT2D eigenvalue weighted by atomic mass is 16.5. The SMILES string of the molecule is COCCn1c(C)cc(/C=C(\C#N)C(=O)OCC(=O)NC(=O)c2cccn2C)c1C. The molecule has 0 aliphatic rings. The van der Waals surface area contributed by atoms with Crippen LogP contribution < -0.4 is 5.32 Å². The normalized spacial score (nSPS) is 11.1. The molecule has 2 aromatic rings. The lowest BCUT2D eigenvalue weighted by Gasteiger charge is -2.08. The Morgan fingerprint density at radius 2 is 2.03 bits per heavy atom. The highest BCUT2D eigenvalue weighted by molar-refractivity contribution is 6.05. The first-order valence-corrected chi connectivity index (χ1v) is 9.18. The van der Waals surface area contributed by atoms with Crippen molar-refractivity contribution in [1.29, 1.82) is 5.26 Å². The van der Waals surface area contributed by atoms with Gasteiger partial charge in [0.15, 0.2) is 6.61 Å². The van der Waals surface area contributed by atoms with E-state index in [-0.39, 0.29) is 11.3 Å². The van der Waals surface area contributed by atoms with Gasteiger partial charge in [-0.25, -0.2) is 4.79 Å². The number of imide groups is 1. The minimum absolute atomic E-state index is 0.247. The third-order valence-corrected chi connectivity index (χ3v) is 4.54. The molecule has 9 heteroatoms. The summed E-state index contributed by atoms with van der Waals surface area (Å²) >= 11 is 0. The topological polar surface area (TPSA) is 115 Å². The average molecular weight is 412 g/mol. The van der Waals surface area contributed by atoms with Crippen LogP contribution >= 0.6 is 0 Å². The smallest absolute Gasteiger partial charge is 0.349 e. The summed E-state index contributed by atoms with van der Waals surface area (Å²) in [5, 5.41) is 11.5. The molecular weight excluding hydrogens is 388 g/mol. The summed E-state index contributed by atoms with van der Waals surface area (Å²) in [6.45, 7) is 4.28. The van der Waals surface area contributed by atoms with Crippen LogP contribution in [-0.2, 0) is 32.7 Å². The molecular formula is C21H24N4O5. The van der Waals surface area contributed by atoms with Gasteiger partial charge in [0, 0.05) is 38.3 Å². The second-order valence-corrected chi connectivity index (χ2v) is 6.60. The van der Waals surface area contributed by atoms with Gasteiger partial charge >= 0.3 is 5.97 Å². The van der Waals surface area contributed by atoms with Crippen LogP contribution in [0.25, 0.3) is 6.08 Å². The first kappa shape index (κ1) is 22.6. The van der Waals surface area contributed by atoms with E-state index < -0.39 is 24.4 Å². The van der Waals surface area contributed by atoms with Crippen LogP contribution in [0.1, 0.15) is 27.4 Å². The molecule has 0 unspecified atom stereocenters. The second-order valence-electron chi connectivity index (χ2n) is 6.60. The highest BCUT2D eigenvalue weighted by Crippen LogP contribution is 2.18. The van der Waals surface area contributed by atoms with Crippen molar-refractivity contribution in [2.24, 2.45) is 7.05 Å². The number of methoxy groups -OCH3 is 1. The Balaban J connectivity index is 2.01. The van der Waals surface area contributed by atoms with Gasteiger partial charge in [-0.05, 0) is 43.7 Å². The van der Waals surface area contributed by atoms with Crippen molar-refractivity contribution in [2.45, 2.75) is 20.4 Å². The highest BCUT2D eigenvalue weighted by Gasteiger charge is 2.17. The van der Waals surface area contributed by atoms with E-state index in [0.29, 0.717) is 18.7 Å². The van der Waals surface area contributed by atoms with Crippen LogP contribution in [0.4, 0.5) is 0 Å². The number of ether oxygens (including phenoxy) is 2. The van der Waals surface area contributed by atoms with Crippen molar-refractivity contribution in [3.8, 4) is 6.07 Å². The fraction of sp³-hybridized carbons (Fsp3) is 0.333. The lowest BCUT2D eigenvalue weighted by molar-refractivity contribution is -0.144. The van der Waals surface area contributed by atoms with Crippen LogP contribution in [-0.4, -0.2) is 47.2 Å². The summed E-state index contributed by atoms with van der Waals surface area (Å²) in [5.41, 5.74) is 2.57. The molecule has 0 atom stereocenters. The van der Waals surface area contributed by atoms with Gasteiger partial charge in [0.05, 0.1) is 6.61 Å². The minimum atomic E-state index is -0.944. The Labute approximate surface area is 174 Å². The number of hydrogen-bond donors (Lipinski definition) is 1. The van der Waals surface area contributed by atoms with Gasteiger partial charge in [0.1, 0.15) is 17.3 Å². The standard InChI is InChI=1S/C21H24N4O5/c1-14-10-16(15(2)25(14)8-9-29-4)11-17(12-22)21(28)30-13-19(26)23-20(27)18-6-5-7-24(18)3/h5-7,10-11H,8-9,13H2,1-4H3,(H,23,26,27)/b17-11+. The molecule has 2 aromatic heterocycles. The summed E-state index contributed by atoms with van der Waals surface area (Å²) in [4.78, 5) is 36.1. The Hall–Kier alpha value is -3.64. The fourth-order valence-corrected chi connectivity index (χ4v) is 2.93. The summed E-state index contributed by atoms with van der Waals surface area (Å²) in [5.74, 6) is -2.34. The summed E-state index contributed by atoms with van der Waals surface area (Å²) < 4.78 is 13.5. The third-order valence-electron chi connectivity index (χ3n) is 4.54. The van der Waals surface area contributed by atoms with Gasteiger partial charge in [-0.3, -0.25) is 14.9 Å². The number of aryl methyl sites for hydroxylation is 2. The van der Waals surface area contributed by atoms with E-state index in [2.05, 4.69) is 5.32 Å². The Morgan fingerprint density at radius 3 is 2.63 bits per heavy atom. The van der Waals surface area contributed by atoms with Crippen LogP contribution in [0, 0.1) is 25.2 Å². The summed E-state index contributed by atoms with van der Waals surface area (Å²) in [6, 6.07) is 6.85. The zero-order valence-corrected chi connectivity index (χ0v) is 17.4. The van der Waals surface area contributed by atoms with Gasteiger partial charge in [0.2, 0.25) is 0 Å². The summed E-state index contributed by atoms with van der Waals surface area (Å²) in [6.07, 6.45) is 3.08. The largest absolute Gasteiger partial charge is 0.451 e. The molecule has 0 bridgehead atoms. The molecule has 30 heavy (non-hydrogen) atoms. The van der Waals surface area contributed by atoms with Crippen molar-refractivity contribution in [1.82, 2.24) is 14.5 Å². The molecule has 2 rings (SSSR count). The molecule has 0 fully saturated rings. The number of esters is 1. The first-order chi connectivity index (χ1) is 14.3. The lowest BCUT2D eigenvalue weighted by atomic mass is 10.1. The maximum atomic E-state index is 12.2. The van der Waals surface area contributed by atoms with Gasteiger partial charge < -0.3 is 18.6 Å². The molecule has 0 aromatic carbocycles. The van der Waals surface area contributed by atoms with E-state index in [4.69, 9.17) is 9.47 Å². The van der Waals surface area contributed by atoms with E-state index in [1.165, 1.54) is 6.08 Å². The number of nitrogens with one attached hydrogen (secondary N) is 1. The number of carbonyl (C=O) groups is 3. The van der Waals surface area contributed by atoms with Crippen molar-refractivity contribution in [2.75, 3.05) is 20.3 Å². The Kier molecular flexibility index (Phi) is 7.72. The van der Waals surface area contributed by atoms with Crippen LogP contribution in [0.3, 0.4) is 0 Å². The number of nitriles is 1. The summed E-state index contributed by atoms with van der Waals surface area (Å²) in [7, 11) is 3.28. The molecule has 0 aliphatic carbocycles. The van der Waals surface area contributed by atoms with Crippen molar-refractivity contribution in [3.05, 3.63) is 52.6 Å². The predicted octanol–water partition coefficient (Wildman–Crippen LogP) is 1.50. The first-order valence-electron chi connectivity index (χ1n) is 9.18. The van der Waals surface area contributed by atoms with E-state index in [0.717, 1.165) is 11.4 Å². The second kappa shape index (κ2) is 10.2. The molecule has 2 heterocycles. The van der Waals surface area contributed by atoms with E-state index in [1.54, 1.807) is 43.1 Å². The van der Waals surface area contributed by atoms with Crippen molar-refractivity contribution >= 4 is 23.9 Å². The zero-order chi connectivity index (χ0) is 22.3. The van der Waals surface area contributed by atoms with E-state index >= 15 is 0 Å². The molecule has 1 N–H and O–H groups in total. The Bertz CT molecular complexity index is 1020. The number of hydrogen-bond acceptors (Lipinski definition) is 6. The molecule has 158 valence electrons. The number of aromatic nitrogens is 2. The van der Waals surface area contributed by atoms with Crippen molar-refractivity contribution < 1.29 is 23.9 Å². The van der Waals surface area contributed by atoms with E-state index in [1.807, 2.05) is 24.5 Å². The number of rotatable bonds is 8. The van der Waals surface area contributed by atoms with Gasteiger partial charge in [-0.15, -0.1) is 0 Å². The van der Waals surface area contributed by atoms with Crippen molar-refractivity contribution in [3.63, 3.8) is 0 Å². The van der Waals surface area contributed by atoms with E-state index in [9.17, 15) is 19.6 Å². The maximum Gasteiger partial charge on any atom is 0.349 e. The van der Waals surface area contributed by atoms with Gasteiger partial charge in [0.25, 0.3) is 11.8 Å².